The summed E-state index contributed by atoms with van der Waals surface area (Å²) in [4.78, 5) is 5.80. The molecule has 0 unspecified atom stereocenters. The molecule has 0 atom stereocenters. The lowest BCUT2D eigenvalue weighted by Gasteiger charge is -1.97. The van der Waals surface area contributed by atoms with Crippen LogP contribution in [0.15, 0.2) is 30.3 Å². The molecule has 0 bridgehead atoms. The van der Waals surface area contributed by atoms with Crippen LogP contribution < -0.4 is 0 Å². The standard InChI is InChI=1S/C13H15NOS/c1-3-15-9-12-10(2)14-13(16-12)11-7-5-4-6-8-11/h4-8H,3,9H2,1-2H3. The van der Waals surface area contributed by atoms with Crippen LogP contribution in [0.25, 0.3) is 10.6 Å². The van der Waals surface area contributed by atoms with E-state index in [2.05, 4.69) is 17.1 Å². The number of nitrogens with zero attached hydrogens (tertiary/aromatic N) is 1. The van der Waals surface area contributed by atoms with Gasteiger partial charge in [0.1, 0.15) is 5.01 Å². The van der Waals surface area contributed by atoms with Gasteiger partial charge in [0.25, 0.3) is 0 Å². The summed E-state index contributed by atoms with van der Waals surface area (Å²) < 4.78 is 5.42. The summed E-state index contributed by atoms with van der Waals surface area (Å²) in [6.07, 6.45) is 0. The van der Waals surface area contributed by atoms with Crippen molar-refractivity contribution in [1.82, 2.24) is 4.98 Å². The van der Waals surface area contributed by atoms with Gasteiger partial charge in [0.15, 0.2) is 0 Å². The lowest BCUT2D eigenvalue weighted by atomic mass is 10.2. The molecule has 3 heteroatoms. The molecular weight excluding hydrogens is 218 g/mol. The maximum atomic E-state index is 5.42. The van der Waals surface area contributed by atoms with Crippen LogP contribution in [0.2, 0.25) is 0 Å². The number of ether oxygens (including phenoxy) is 1. The molecule has 0 aliphatic rings. The van der Waals surface area contributed by atoms with Crippen molar-refractivity contribution >= 4 is 11.3 Å². The number of thiazole rings is 1. The first-order chi connectivity index (χ1) is 7.81. The molecule has 0 spiro atoms. The molecule has 0 radical (unpaired) electrons. The third-order valence-electron chi connectivity index (χ3n) is 2.35. The molecule has 84 valence electrons. The zero-order valence-corrected chi connectivity index (χ0v) is 10.4. The molecule has 16 heavy (non-hydrogen) atoms. The Labute approximate surface area is 99.9 Å². The van der Waals surface area contributed by atoms with Gasteiger partial charge >= 0.3 is 0 Å². The Bertz CT molecular complexity index is 450. The van der Waals surface area contributed by atoms with E-state index in [-0.39, 0.29) is 0 Å². The zero-order valence-electron chi connectivity index (χ0n) is 9.56. The van der Waals surface area contributed by atoms with E-state index in [4.69, 9.17) is 4.74 Å². The molecule has 0 aliphatic carbocycles. The van der Waals surface area contributed by atoms with Crippen molar-refractivity contribution < 1.29 is 4.74 Å². The van der Waals surface area contributed by atoms with Gasteiger partial charge in [-0.3, -0.25) is 0 Å². The number of aryl methyl sites for hydroxylation is 1. The second kappa shape index (κ2) is 5.23. The molecule has 2 nitrogen and oxygen atoms in total. The second-order valence-corrected chi connectivity index (χ2v) is 4.61. The number of rotatable bonds is 4. The third kappa shape index (κ3) is 2.49. The van der Waals surface area contributed by atoms with Gasteiger partial charge in [0, 0.05) is 12.2 Å². The molecule has 1 aromatic heterocycles. The Balaban J connectivity index is 2.24. The van der Waals surface area contributed by atoms with Crippen molar-refractivity contribution in [2.45, 2.75) is 20.5 Å². The smallest absolute Gasteiger partial charge is 0.123 e. The highest BCUT2D eigenvalue weighted by Crippen LogP contribution is 2.27. The fraction of sp³-hybridized carbons (Fsp3) is 0.308. The summed E-state index contributed by atoms with van der Waals surface area (Å²) in [6, 6.07) is 10.3. The highest BCUT2D eigenvalue weighted by Gasteiger charge is 2.08. The molecule has 1 aromatic carbocycles. The average Bonchev–Trinajstić information content (AvgIpc) is 2.69. The van der Waals surface area contributed by atoms with E-state index >= 15 is 0 Å². The van der Waals surface area contributed by atoms with Crippen molar-refractivity contribution in [3.63, 3.8) is 0 Å². The molecule has 0 saturated carbocycles. The average molecular weight is 233 g/mol. The highest BCUT2D eigenvalue weighted by molar-refractivity contribution is 7.15. The third-order valence-corrected chi connectivity index (χ3v) is 3.53. The molecular formula is C13H15NOS. The molecule has 0 aliphatic heterocycles. The van der Waals surface area contributed by atoms with Gasteiger partial charge in [-0.2, -0.15) is 0 Å². The molecule has 0 N–H and O–H groups in total. The first kappa shape index (κ1) is 11.3. The van der Waals surface area contributed by atoms with Gasteiger partial charge in [-0.05, 0) is 13.8 Å². The summed E-state index contributed by atoms with van der Waals surface area (Å²) in [5.41, 5.74) is 2.26. The Morgan fingerprint density at radius 1 is 1.25 bits per heavy atom. The van der Waals surface area contributed by atoms with E-state index in [0.717, 1.165) is 17.3 Å². The predicted octanol–water partition coefficient (Wildman–Crippen LogP) is 3.66. The Morgan fingerprint density at radius 2 is 2.00 bits per heavy atom. The van der Waals surface area contributed by atoms with Crippen LogP contribution in [0, 0.1) is 6.92 Å². The van der Waals surface area contributed by atoms with Crippen LogP contribution in [0.3, 0.4) is 0 Å². The van der Waals surface area contributed by atoms with E-state index in [1.807, 2.05) is 32.0 Å². The predicted molar refractivity (Wildman–Crippen MR) is 67.6 cm³/mol. The number of aromatic nitrogens is 1. The van der Waals surface area contributed by atoms with Crippen LogP contribution in [0.5, 0.6) is 0 Å². The van der Waals surface area contributed by atoms with Crippen LogP contribution in [-0.4, -0.2) is 11.6 Å². The zero-order chi connectivity index (χ0) is 11.4. The first-order valence-corrected chi connectivity index (χ1v) is 6.22. The summed E-state index contributed by atoms with van der Waals surface area (Å²) in [5.74, 6) is 0. The van der Waals surface area contributed by atoms with Gasteiger partial charge in [-0.1, -0.05) is 30.3 Å². The summed E-state index contributed by atoms with van der Waals surface area (Å²) in [6.45, 7) is 5.47. The van der Waals surface area contributed by atoms with E-state index in [9.17, 15) is 0 Å². The normalized spacial score (nSPS) is 10.6. The Morgan fingerprint density at radius 3 is 2.69 bits per heavy atom. The van der Waals surface area contributed by atoms with Gasteiger partial charge in [-0.15, -0.1) is 11.3 Å². The molecule has 0 amide bonds. The van der Waals surface area contributed by atoms with Crippen molar-refractivity contribution in [2.24, 2.45) is 0 Å². The summed E-state index contributed by atoms with van der Waals surface area (Å²) >= 11 is 1.72. The van der Waals surface area contributed by atoms with Crippen LogP contribution >= 0.6 is 11.3 Å². The fourth-order valence-corrected chi connectivity index (χ4v) is 2.47. The quantitative estimate of drug-likeness (QED) is 0.804. The van der Waals surface area contributed by atoms with Gasteiger partial charge < -0.3 is 4.74 Å². The fourth-order valence-electron chi connectivity index (χ4n) is 1.46. The molecule has 0 saturated heterocycles. The van der Waals surface area contributed by atoms with E-state index in [1.54, 1.807) is 11.3 Å². The maximum absolute atomic E-state index is 5.42. The Hall–Kier alpha value is -1.19. The minimum atomic E-state index is 0.673. The van der Waals surface area contributed by atoms with Crippen molar-refractivity contribution in [1.29, 1.82) is 0 Å². The number of benzene rings is 1. The minimum Gasteiger partial charge on any atom is -0.376 e. The van der Waals surface area contributed by atoms with Gasteiger partial charge in [0.05, 0.1) is 17.2 Å². The number of hydrogen-bond donors (Lipinski definition) is 0. The van der Waals surface area contributed by atoms with E-state index in [1.165, 1.54) is 10.4 Å². The van der Waals surface area contributed by atoms with Crippen molar-refractivity contribution in [3.8, 4) is 10.6 Å². The largest absolute Gasteiger partial charge is 0.376 e. The molecule has 2 aromatic rings. The Kier molecular flexibility index (Phi) is 3.70. The van der Waals surface area contributed by atoms with Crippen LogP contribution in [0.1, 0.15) is 17.5 Å². The summed E-state index contributed by atoms with van der Waals surface area (Å²) in [5, 5.41) is 1.08. The SMILES string of the molecule is CCOCc1sc(-c2ccccc2)nc1C. The lowest BCUT2D eigenvalue weighted by molar-refractivity contribution is 0.136. The molecule has 2 rings (SSSR count). The van der Waals surface area contributed by atoms with Crippen LogP contribution in [-0.2, 0) is 11.3 Å². The monoisotopic (exact) mass is 233 g/mol. The topological polar surface area (TPSA) is 22.1 Å². The number of hydrogen-bond acceptors (Lipinski definition) is 3. The van der Waals surface area contributed by atoms with Crippen LogP contribution in [0.4, 0.5) is 0 Å². The minimum absolute atomic E-state index is 0.673. The highest BCUT2D eigenvalue weighted by atomic mass is 32.1. The second-order valence-electron chi connectivity index (χ2n) is 3.53. The first-order valence-electron chi connectivity index (χ1n) is 5.40. The van der Waals surface area contributed by atoms with Crippen molar-refractivity contribution in [3.05, 3.63) is 40.9 Å². The van der Waals surface area contributed by atoms with E-state index in [0.29, 0.717) is 6.61 Å². The van der Waals surface area contributed by atoms with E-state index < -0.39 is 0 Å². The summed E-state index contributed by atoms with van der Waals surface area (Å²) in [7, 11) is 0. The maximum Gasteiger partial charge on any atom is 0.123 e. The molecule has 0 fully saturated rings. The molecule has 1 heterocycles. The van der Waals surface area contributed by atoms with Gasteiger partial charge in [0.2, 0.25) is 0 Å². The lowest BCUT2D eigenvalue weighted by Crippen LogP contribution is -1.90. The van der Waals surface area contributed by atoms with Gasteiger partial charge in [-0.25, -0.2) is 4.98 Å². The van der Waals surface area contributed by atoms with Crippen molar-refractivity contribution in [2.75, 3.05) is 6.61 Å².